The second-order valence-corrected chi connectivity index (χ2v) is 9.81. The Morgan fingerprint density at radius 1 is 1.07 bits per heavy atom. The van der Waals surface area contributed by atoms with E-state index in [0.29, 0.717) is 11.3 Å². The molecular formula is C21H23N3O3S2. The number of hydrogen-bond donors (Lipinski definition) is 1. The Bertz CT molecular complexity index is 1080. The van der Waals surface area contributed by atoms with Crippen molar-refractivity contribution in [2.24, 2.45) is 0 Å². The number of thiazole rings is 1. The van der Waals surface area contributed by atoms with E-state index in [-0.39, 0.29) is 23.8 Å². The van der Waals surface area contributed by atoms with E-state index >= 15 is 0 Å². The molecule has 1 aromatic heterocycles. The summed E-state index contributed by atoms with van der Waals surface area (Å²) in [5, 5.41) is 5.65. The van der Waals surface area contributed by atoms with E-state index in [9.17, 15) is 13.2 Å². The molecule has 1 N–H and O–H groups in total. The van der Waals surface area contributed by atoms with E-state index in [1.807, 2.05) is 35.7 Å². The average Bonchev–Trinajstić information content (AvgIpc) is 3.14. The van der Waals surface area contributed by atoms with Crippen LogP contribution < -0.4 is 5.32 Å². The Balaban J connectivity index is 1.60. The SMILES string of the molecule is CN(C)S(=O)(=O)c1ccccc1CNC(=O)Cc1csc(Cc2ccccc2)n1. The number of amides is 1. The molecule has 0 saturated carbocycles. The number of nitrogens with zero attached hydrogens (tertiary/aromatic N) is 2. The van der Waals surface area contributed by atoms with Crippen LogP contribution in [0.15, 0.2) is 64.9 Å². The van der Waals surface area contributed by atoms with Crippen LogP contribution in [0.1, 0.15) is 21.8 Å². The van der Waals surface area contributed by atoms with Gasteiger partial charge >= 0.3 is 0 Å². The van der Waals surface area contributed by atoms with Gasteiger partial charge in [0.15, 0.2) is 0 Å². The number of hydrogen-bond acceptors (Lipinski definition) is 5. The van der Waals surface area contributed by atoms with Gasteiger partial charge in [-0.3, -0.25) is 4.79 Å². The van der Waals surface area contributed by atoms with Crippen LogP contribution >= 0.6 is 11.3 Å². The van der Waals surface area contributed by atoms with Crippen molar-refractivity contribution in [1.29, 1.82) is 0 Å². The first-order chi connectivity index (χ1) is 13.9. The highest BCUT2D eigenvalue weighted by molar-refractivity contribution is 7.89. The summed E-state index contributed by atoms with van der Waals surface area (Å²) in [7, 11) is -0.597. The van der Waals surface area contributed by atoms with Crippen molar-refractivity contribution in [2.45, 2.75) is 24.3 Å². The lowest BCUT2D eigenvalue weighted by molar-refractivity contribution is -0.120. The highest BCUT2D eigenvalue weighted by Crippen LogP contribution is 2.19. The molecule has 3 aromatic rings. The molecule has 1 heterocycles. The minimum absolute atomic E-state index is 0.142. The van der Waals surface area contributed by atoms with Crippen molar-refractivity contribution in [3.8, 4) is 0 Å². The first-order valence-electron chi connectivity index (χ1n) is 9.10. The summed E-state index contributed by atoms with van der Waals surface area (Å²) in [6.45, 7) is 0.142. The summed E-state index contributed by atoms with van der Waals surface area (Å²) in [5.41, 5.74) is 2.45. The largest absolute Gasteiger partial charge is 0.352 e. The predicted octanol–water partition coefficient (Wildman–Crippen LogP) is 2.84. The molecule has 8 heteroatoms. The molecule has 0 aliphatic heterocycles. The lowest BCUT2D eigenvalue weighted by Crippen LogP contribution is -2.28. The Morgan fingerprint density at radius 2 is 1.76 bits per heavy atom. The minimum atomic E-state index is -3.57. The van der Waals surface area contributed by atoms with Gasteiger partial charge in [-0.05, 0) is 17.2 Å². The number of carbonyl (C=O) groups excluding carboxylic acids is 1. The lowest BCUT2D eigenvalue weighted by Gasteiger charge is -2.15. The van der Waals surface area contributed by atoms with Crippen molar-refractivity contribution in [2.75, 3.05) is 14.1 Å². The van der Waals surface area contributed by atoms with Crippen LogP contribution in [0.5, 0.6) is 0 Å². The molecule has 29 heavy (non-hydrogen) atoms. The van der Waals surface area contributed by atoms with Crippen LogP contribution in [0.2, 0.25) is 0 Å². The van der Waals surface area contributed by atoms with Crippen LogP contribution in [0.4, 0.5) is 0 Å². The smallest absolute Gasteiger partial charge is 0.242 e. The van der Waals surface area contributed by atoms with E-state index < -0.39 is 10.0 Å². The molecule has 0 unspecified atom stereocenters. The maximum Gasteiger partial charge on any atom is 0.242 e. The highest BCUT2D eigenvalue weighted by Gasteiger charge is 2.20. The molecule has 3 rings (SSSR count). The molecule has 0 aliphatic carbocycles. The van der Waals surface area contributed by atoms with Crippen molar-refractivity contribution in [3.63, 3.8) is 0 Å². The second-order valence-electron chi connectivity index (χ2n) is 6.74. The van der Waals surface area contributed by atoms with Gasteiger partial charge in [-0.2, -0.15) is 0 Å². The quantitative estimate of drug-likeness (QED) is 0.597. The maximum atomic E-state index is 12.4. The maximum absolute atomic E-state index is 12.4. The van der Waals surface area contributed by atoms with Gasteiger partial charge in [0, 0.05) is 32.4 Å². The molecule has 0 spiro atoms. The van der Waals surface area contributed by atoms with Crippen molar-refractivity contribution in [1.82, 2.24) is 14.6 Å². The number of sulfonamides is 1. The number of aromatic nitrogens is 1. The Labute approximate surface area is 175 Å². The van der Waals surface area contributed by atoms with E-state index in [1.165, 1.54) is 31.0 Å². The van der Waals surface area contributed by atoms with E-state index in [4.69, 9.17) is 0 Å². The zero-order valence-corrected chi connectivity index (χ0v) is 18.0. The fourth-order valence-corrected chi connectivity index (χ4v) is 4.74. The van der Waals surface area contributed by atoms with Gasteiger partial charge in [-0.1, -0.05) is 48.5 Å². The number of nitrogens with one attached hydrogen (secondary N) is 1. The molecule has 0 atom stereocenters. The minimum Gasteiger partial charge on any atom is -0.352 e. The summed E-state index contributed by atoms with van der Waals surface area (Å²) in [4.78, 5) is 17.1. The standard InChI is InChI=1S/C21H23N3O3S2/c1-24(2)29(26,27)19-11-7-6-10-17(19)14-22-20(25)13-18-15-28-21(23-18)12-16-8-4-3-5-9-16/h3-11,15H,12-14H2,1-2H3,(H,22,25). The summed E-state index contributed by atoms with van der Waals surface area (Å²) < 4.78 is 26.1. The van der Waals surface area contributed by atoms with Gasteiger partial charge in [0.2, 0.25) is 15.9 Å². The number of carbonyl (C=O) groups is 1. The lowest BCUT2D eigenvalue weighted by atomic mass is 10.2. The summed E-state index contributed by atoms with van der Waals surface area (Å²) in [6.07, 6.45) is 0.900. The first-order valence-corrected chi connectivity index (χ1v) is 11.4. The van der Waals surface area contributed by atoms with Crippen molar-refractivity contribution in [3.05, 3.63) is 81.8 Å². The first kappa shape index (κ1) is 21.2. The van der Waals surface area contributed by atoms with Crippen LogP contribution in [0.25, 0.3) is 0 Å². The zero-order valence-electron chi connectivity index (χ0n) is 16.3. The Morgan fingerprint density at radius 3 is 2.48 bits per heavy atom. The predicted molar refractivity (Wildman–Crippen MR) is 114 cm³/mol. The van der Waals surface area contributed by atoms with Crippen LogP contribution in [-0.4, -0.2) is 37.7 Å². The number of rotatable bonds is 8. The van der Waals surface area contributed by atoms with Gasteiger partial charge in [0.05, 0.1) is 22.0 Å². The third-order valence-electron chi connectivity index (χ3n) is 4.35. The molecule has 152 valence electrons. The third-order valence-corrected chi connectivity index (χ3v) is 7.16. The van der Waals surface area contributed by atoms with Crippen LogP contribution in [0, 0.1) is 0 Å². The molecule has 6 nitrogen and oxygen atoms in total. The van der Waals surface area contributed by atoms with Crippen LogP contribution in [0.3, 0.4) is 0 Å². The number of benzene rings is 2. The highest BCUT2D eigenvalue weighted by atomic mass is 32.2. The van der Waals surface area contributed by atoms with Gasteiger partial charge in [0.25, 0.3) is 0 Å². The van der Waals surface area contributed by atoms with Gasteiger partial charge in [-0.25, -0.2) is 17.7 Å². The molecule has 2 aromatic carbocycles. The molecule has 0 aliphatic rings. The van der Waals surface area contributed by atoms with Gasteiger partial charge < -0.3 is 5.32 Å². The molecule has 0 saturated heterocycles. The van der Waals surface area contributed by atoms with Crippen LogP contribution in [-0.2, 0) is 34.2 Å². The average molecular weight is 430 g/mol. The van der Waals surface area contributed by atoms with E-state index in [0.717, 1.165) is 15.7 Å². The van der Waals surface area contributed by atoms with Crippen molar-refractivity contribution < 1.29 is 13.2 Å². The summed E-state index contributed by atoms with van der Waals surface area (Å²) in [6, 6.07) is 16.7. The topological polar surface area (TPSA) is 79.4 Å². The monoisotopic (exact) mass is 429 g/mol. The molecular weight excluding hydrogens is 406 g/mol. The Kier molecular flexibility index (Phi) is 6.79. The van der Waals surface area contributed by atoms with E-state index in [1.54, 1.807) is 24.3 Å². The summed E-state index contributed by atoms with van der Waals surface area (Å²) in [5.74, 6) is -0.196. The zero-order chi connectivity index (χ0) is 20.9. The molecule has 0 fully saturated rings. The van der Waals surface area contributed by atoms with Crippen molar-refractivity contribution >= 4 is 27.3 Å². The fraction of sp³-hybridized carbons (Fsp3) is 0.238. The van der Waals surface area contributed by atoms with Gasteiger partial charge in [0.1, 0.15) is 0 Å². The molecule has 1 amide bonds. The Hall–Kier alpha value is -2.55. The summed E-state index contributed by atoms with van der Waals surface area (Å²) >= 11 is 1.53. The fourth-order valence-electron chi connectivity index (χ4n) is 2.80. The second kappa shape index (κ2) is 9.30. The molecule has 0 radical (unpaired) electrons. The molecule has 0 bridgehead atoms. The normalized spacial score (nSPS) is 11.6. The third kappa shape index (κ3) is 5.50. The van der Waals surface area contributed by atoms with Gasteiger partial charge in [-0.15, -0.1) is 11.3 Å². The van der Waals surface area contributed by atoms with E-state index in [2.05, 4.69) is 10.3 Å².